The van der Waals surface area contributed by atoms with Crippen LogP contribution < -0.4 is 5.32 Å². The number of hydrogen-bond donors (Lipinski definition) is 1. The normalized spacial score (nSPS) is 11.8. The molecule has 1 N–H and O–H groups in total. The van der Waals surface area contributed by atoms with E-state index in [1.165, 1.54) is 6.92 Å². The number of carbonyl (C=O) groups excluding carboxylic acids is 3. The summed E-state index contributed by atoms with van der Waals surface area (Å²) in [7, 11) is 0. The molecule has 0 aliphatic carbocycles. The van der Waals surface area contributed by atoms with Crippen molar-refractivity contribution in [2.45, 2.75) is 46.6 Å². The van der Waals surface area contributed by atoms with Crippen LogP contribution >= 0.6 is 0 Å². The van der Waals surface area contributed by atoms with Crippen LogP contribution in [0.3, 0.4) is 0 Å². The highest BCUT2D eigenvalue weighted by atomic mass is 16.2. The fraction of sp³-hybridized carbons (Fsp3) is 0.750. The van der Waals surface area contributed by atoms with Crippen LogP contribution in [0.25, 0.3) is 0 Å². The van der Waals surface area contributed by atoms with E-state index in [-0.39, 0.29) is 30.4 Å². The molecule has 0 aromatic carbocycles. The second-order valence-electron chi connectivity index (χ2n) is 4.00. The highest BCUT2D eigenvalue weighted by Crippen LogP contribution is 1.97. The molecule has 0 aromatic heterocycles. The number of likely N-dealkylation sites (N-methyl/N-ethyl adjacent to an activating group) is 1. The SMILES string of the molecule is CCN(CC)C(=O)C(C)NC(=O)CCC(C)=O. The van der Waals surface area contributed by atoms with Gasteiger partial charge in [0.05, 0.1) is 0 Å². The molecule has 0 fully saturated rings. The zero-order valence-electron chi connectivity index (χ0n) is 11.1. The Bertz CT molecular complexity index is 285. The number of hydrogen-bond acceptors (Lipinski definition) is 3. The molecule has 0 rings (SSSR count). The molecule has 0 aromatic rings. The Morgan fingerprint density at radius 2 is 1.65 bits per heavy atom. The van der Waals surface area contributed by atoms with E-state index in [1.807, 2.05) is 13.8 Å². The van der Waals surface area contributed by atoms with E-state index in [1.54, 1.807) is 11.8 Å². The van der Waals surface area contributed by atoms with Gasteiger partial charge < -0.3 is 15.0 Å². The first-order chi connectivity index (χ1) is 7.92. The first-order valence-electron chi connectivity index (χ1n) is 5.99. The number of amides is 2. The van der Waals surface area contributed by atoms with Crippen molar-refractivity contribution in [1.82, 2.24) is 10.2 Å². The summed E-state index contributed by atoms with van der Waals surface area (Å²) in [5.41, 5.74) is 0. The lowest BCUT2D eigenvalue weighted by atomic mass is 10.2. The monoisotopic (exact) mass is 242 g/mol. The lowest BCUT2D eigenvalue weighted by Gasteiger charge is -2.23. The van der Waals surface area contributed by atoms with Crippen LogP contribution in [0, 0.1) is 0 Å². The summed E-state index contributed by atoms with van der Waals surface area (Å²) in [5, 5.41) is 2.60. The number of nitrogens with one attached hydrogen (secondary N) is 1. The van der Waals surface area contributed by atoms with Crippen molar-refractivity contribution in [2.24, 2.45) is 0 Å². The van der Waals surface area contributed by atoms with Crippen molar-refractivity contribution in [1.29, 1.82) is 0 Å². The van der Waals surface area contributed by atoms with Gasteiger partial charge in [0.25, 0.3) is 0 Å². The Kier molecular flexibility index (Phi) is 7.18. The molecule has 2 amide bonds. The maximum atomic E-state index is 11.8. The van der Waals surface area contributed by atoms with Gasteiger partial charge in [-0.25, -0.2) is 0 Å². The second-order valence-corrected chi connectivity index (χ2v) is 4.00. The highest BCUT2D eigenvalue weighted by Gasteiger charge is 2.19. The van der Waals surface area contributed by atoms with Gasteiger partial charge in [0.2, 0.25) is 11.8 Å². The molecule has 0 spiro atoms. The van der Waals surface area contributed by atoms with Crippen molar-refractivity contribution < 1.29 is 14.4 Å². The van der Waals surface area contributed by atoms with Crippen LogP contribution in [-0.2, 0) is 14.4 Å². The van der Waals surface area contributed by atoms with E-state index < -0.39 is 6.04 Å². The molecular weight excluding hydrogens is 220 g/mol. The Morgan fingerprint density at radius 1 is 1.12 bits per heavy atom. The molecule has 0 saturated carbocycles. The minimum absolute atomic E-state index is 0.0251. The van der Waals surface area contributed by atoms with Crippen LogP contribution in [0.1, 0.15) is 40.5 Å². The third-order valence-corrected chi connectivity index (χ3v) is 2.53. The number of rotatable bonds is 7. The number of ketones is 1. The largest absolute Gasteiger partial charge is 0.345 e. The Balaban J connectivity index is 4.15. The van der Waals surface area contributed by atoms with Crippen molar-refractivity contribution in [3.63, 3.8) is 0 Å². The van der Waals surface area contributed by atoms with Gasteiger partial charge in [0.15, 0.2) is 0 Å². The molecule has 1 unspecified atom stereocenters. The topological polar surface area (TPSA) is 66.5 Å². The molecule has 0 saturated heterocycles. The quantitative estimate of drug-likeness (QED) is 0.715. The maximum Gasteiger partial charge on any atom is 0.244 e. The summed E-state index contributed by atoms with van der Waals surface area (Å²) in [4.78, 5) is 35.6. The average Bonchev–Trinajstić information content (AvgIpc) is 2.27. The minimum atomic E-state index is -0.533. The van der Waals surface area contributed by atoms with E-state index in [0.717, 1.165) is 0 Å². The van der Waals surface area contributed by atoms with Crippen LogP contribution in [0.4, 0.5) is 0 Å². The summed E-state index contributed by atoms with van der Waals surface area (Å²) in [6.07, 6.45) is 0.364. The van der Waals surface area contributed by atoms with Crippen LogP contribution in [0.15, 0.2) is 0 Å². The van der Waals surface area contributed by atoms with Crippen molar-refractivity contribution in [2.75, 3.05) is 13.1 Å². The molecule has 0 aliphatic rings. The van der Waals surface area contributed by atoms with Gasteiger partial charge in [0, 0.05) is 25.9 Å². The molecule has 0 heterocycles. The zero-order chi connectivity index (χ0) is 13.4. The number of Topliss-reactive ketones (excluding diaryl/α,β-unsaturated/α-hetero) is 1. The summed E-state index contributed by atoms with van der Waals surface area (Å²) in [6, 6.07) is -0.533. The summed E-state index contributed by atoms with van der Waals surface area (Å²) in [6.45, 7) is 8.15. The standard InChI is InChI=1S/C12H22N2O3/c1-5-14(6-2)12(17)10(4)13-11(16)8-7-9(3)15/h10H,5-8H2,1-4H3,(H,13,16). The van der Waals surface area contributed by atoms with E-state index in [4.69, 9.17) is 0 Å². The summed E-state index contributed by atoms with van der Waals surface area (Å²) in [5.74, 6) is -0.373. The van der Waals surface area contributed by atoms with Gasteiger partial charge in [-0.15, -0.1) is 0 Å². The van der Waals surface area contributed by atoms with Gasteiger partial charge >= 0.3 is 0 Å². The zero-order valence-corrected chi connectivity index (χ0v) is 11.1. The Labute approximate surface area is 103 Å². The molecule has 5 nitrogen and oxygen atoms in total. The van der Waals surface area contributed by atoms with E-state index >= 15 is 0 Å². The molecule has 0 bridgehead atoms. The van der Waals surface area contributed by atoms with Crippen molar-refractivity contribution >= 4 is 17.6 Å². The summed E-state index contributed by atoms with van der Waals surface area (Å²) < 4.78 is 0. The van der Waals surface area contributed by atoms with Gasteiger partial charge in [0.1, 0.15) is 11.8 Å². The van der Waals surface area contributed by atoms with Crippen LogP contribution in [-0.4, -0.2) is 41.6 Å². The number of nitrogens with zero attached hydrogens (tertiary/aromatic N) is 1. The van der Waals surface area contributed by atoms with Crippen LogP contribution in [0.5, 0.6) is 0 Å². The van der Waals surface area contributed by atoms with E-state index in [2.05, 4.69) is 5.32 Å². The predicted octanol–water partition coefficient (Wildman–Crippen LogP) is 0.729. The van der Waals surface area contributed by atoms with Crippen molar-refractivity contribution in [3.05, 3.63) is 0 Å². The minimum Gasteiger partial charge on any atom is -0.345 e. The molecule has 1 atom stereocenters. The Morgan fingerprint density at radius 3 is 2.06 bits per heavy atom. The highest BCUT2D eigenvalue weighted by molar-refractivity contribution is 5.89. The predicted molar refractivity (Wildman–Crippen MR) is 65.4 cm³/mol. The number of carbonyl (C=O) groups is 3. The van der Waals surface area contributed by atoms with Gasteiger partial charge in [-0.3, -0.25) is 9.59 Å². The maximum absolute atomic E-state index is 11.8. The Hall–Kier alpha value is -1.39. The van der Waals surface area contributed by atoms with Crippen LogP contribution in [0.2, 0.25) is 0 Å². The van der Waals surface area contributed by atoms with Crippen molar-refractivity contribution in [3.8, 4) is 0 Å². The second kappa shape index (κ2) is 7.81. The molecular formula is C12H22N2O3. The lowest BCUT2D eigenvalue weighted by molar-refractivity contribution is -0.135. The fourth-order valence-electron chi connectivity index (χ4n) is 1.47. The molecule has 98 valence electrons. The van der Waals surface area contributed by atoms with Gasteiger partial charge in [-0.2, -0.15) is 0 Å². The first-order valence-corrected chi connectivity index (χ1v) is 5.99. The average molecular weight is 242 g/mol. The third-order valence-electron chi connectivity index (χ3n) is 2.53. The van der Waals surface area contributed by atoms with Gasteiger partial charge in [-0.05, 0) is 27.7 Å². The fourth-order valence-corrected chi connectivity index (χ4v) is 1.47. The lowest BCUT2D eigenvalue weighted by Crippen LogP contribution is -2.46. The van der Waals surface area contributed by atoms with E-state index in [9.17, 15) is 14.4 Å². The molecule has 17 heavy (non-hydrogen) atoms. The first kappa shape index (κ1) is 15.6. The smallest absolute Gasteiger partial charge is 0.244 e. The van der Waals surface area contributed by atoms with Gasteiger partial charge in [-0.1, -0.05) is 0 Å². The molecule has 0 radical (unpaired) electrons. The molecule has 5 heteroatoms. The third kappa shape index (κ3) is 6.04. The van der Waals surface area contributed by atoms with E-state index in [0.29, 0.717) is 13.1 Å². The summed E-state index contributed by atoms with van der Waals surface area (Å²) >= 11 is 0. The molecule has 0 aliphatic heterocycles.